The Kier molecular flexibility index (Phi) is 4.43. The first-order chi connectivity index (χ1) is 7.27. The Bertz CT molecular complexity index is 328. The molecule has 0 radical (unpaired) electrons. The lowest BCUT2D eigenvalue weighted by Crippen LogP contribution is -2.37. The molecule has 0 aliphatic rings. The van der Waals surface area contributed by atoms with E-state index in [0.717, 1.165) is 0 Å². The summed E-state index contributed by atoms with van der Waals surface area (Å²) in [6, 6.07) is 7.16. The van der Waals surface area contributed by atoms with Crippen LogP contribution >= 0.6 is 0 Å². The highest BCUT2D eigenvalue weighted by Gasteiger charge is 2.05. The number of amides is 1. The molecule has 0 aliphatic carbocycles. The van der Waals surface area contributed by atoms with E-state index in [4.69, 9.17) is 9.47 Å². The van der Waals surface area contributed by atoms with Crippen molar-refractivity contribution < 1.29 is 14.3 Å². The van der Waals surface area contributed by atoms with Crippen molar-refractivity contribution >= 4 is 5.91 Å². The van der Waals surface area contributed by atoms with E-state index < -0.39 is 0 Å². The number of methoxy groups -OCH3 is 1. The molecule has 0 unspecified atom stereocenters. The van der Waals surface area contributed by atoms with Crippen LogP contribution in [-0.4, -0.2) is 26.7 Å². The standard InChI is InChI=1S/C10H14N2O3/c1-11-12-10(13)7-15-9-6-4-3-5-8(9)14-2/h3-6,11H,7H2,1-2H3,(H,12,13). The summed E-state index contributed by atoms with van der Waals surface area (Å²) >= 11 is 0. The topological polar surface area (TPSA) is 59.6 Å². The number of hydrogen-bond acceptors (Lipinski definition) is 4. The molecule has 1 aromatic carbocycles. The maximum atomic E-state index is 11.1. The maximum absolute atomic E-state index is 11.1. The molecule has 0 saturated heterocycles. The van der Waals surface area contributed by atoms with Gasteiger partial charge in [0.05, 0.1) is 7.11 Å². The van der Waals surface area contributed by atoms with Gasteiger partial charge in [0, 0.05) is 7.05 Å². The molecule has 0 heterocycles. The summed E-state index contributed by atoms with van der Waals surface area (Å²) in [6.45, 7) is -0.0544. The lowest BCUT2D eigenvalue weighted by atomic mass is 10.3. The van der Waals surface area contributed by atoms with Gasteiger partial charge >= 0.3 is 0 Å². The average molecular weight is 210 g/mol. The number of ether oxygens (including phenoxy) is 2. The molecular formula is C10H14N2O3. The molecule has 5 heteroatoms. The normalized spacial score (nSPS) is 9.47. The molecular weight excluding hydrogens is 196 g/mol. The van der Waals surface area contributed by atoms with Gasteiger partial charge in [0.1, 0.15) is 0 Å². The smallest absolute Gasteiger partial charge is 0.271 e. The molecule has 15 heavy (non-hydrogen) atoms. The van der Waals surface area contributed by atoms with Gasteiger partial charge in [0.2, 0.25) is 0 Å². The van der Waals surface area contributed by atoms with Crippen molar-refractivity contribution in [2.45, 2.75) is 0 Å². The number of para-hydroxylation sites is 2. The highest BCUT2D eigenvalue weighted by Crippen LogP contribution is 2.25. The van der Waals surface area contributed by atoms with Crippen LogP contribution in [0.15, 0.2) is 24.3 Å². The first kappa shape index (κ1) is 11.3. The molecule has 0 saturated carbocycles. The van der Waals surface area contributed by atoms with Crippen LogP contribution < -0.4 is 20.3 Å². The fourth-order valence-electron chi connectivity index (χ4n) is 1.06. The first-order valence-corrected chi connectivity index (χ1v) is 4.49. The lowest BCUT2D eigenvalue weighted by molar-refractivity contribution is -0.123. The molecule has 2 N–H and O–H groups in total. The van der Waals surface area contributed by atoms with Crippen LogP contribution in [0, 0.1) is 0 Å². The van der Waals surface area contributed by atoms with E-state index in [-0.39, 0.29) is 12.5 Å². The molecule has 0 atom stereocenters. The van der Waals surface area contributed by atoms with E-state index in [2.05, 4.69) is 10.9 Å². The third-order valence-electron chi connectivity index (χ3n) is 1.69. The minimum atomic E-state index is -0.247. The SMILES string of the molecule is CNNC(=O)COc1ccccc1OC. The van der Waals surface area contributed by atoms with Gasteiger partial charge in [0.15, 0.2) is 18.1 Å². The van der Waals surface area contributed by atoms with E-state index in [1.807, 2.05) is 12.1 Å². The Hall–Kier alpha value is -1.75. The van der Waals surface area contributed by atoms with Gasteiger partial charge in [-0.3, -0.25) is 10.2 Å². The molecule has 0 spiro atoms. The van der Waals surface area contributed by atoms with Crippen LogP contribution in [0.1, 0.15) is 0 Å². The summed E-state index contributed by atoms with van der Waals surface area (Å²) in [4.78, 5) is 11.1. The lowest BCUT2D eigenvalue weighted by Gasteiger charge is -2.09. The zero-order valence-electron chi connectivity index (χ0n) is 8.74. The predicted molar refractivity (Wildman–Crippen MR) is 55.7 cm³/mol. The summed E-state index contributed by atoms with van der Waals surface area (Å²) in [5.74, 6) is 0.907. The fraction of sp³-hybridized carbons (Fsp3) is 0.300. The van der Waals surface area contributed by atoms with Gasteiger partial charge in [-0.1, -0.05) is 12.1 Å². The third kappa shape index (κ3) is 3.47. The minimum absolute atomic E-state index is 0.0544. The van der Waals surface area contributed by atoms with Crippen LogP contribution in [0.5, 0.6) is 11.5 Å². The molecule has 0 aromatic heterocycles. The van der Waals surface area contributed by atoms with Crippen molar-refractivity contribution in [3.05, 3.63) is 24.3 Å². The second-order valence-electron chi connectivity index (χ2n) is 2.74. The Balaban J connectivity index is 2.53. The number of hydrazine groups is 1. The largest absolute Gasteiger partial charge is 0.493 e. The van der Waals surface area contributed by atoms with Crippen molar-refractivity contribution in [1.29, 1.82) is 0 Å². The summed E-state index contributed by atoms with van der Waals surface area (Å²) in [7, 11) is 3.16. The van der Waals surface area contributed by atoms with E-state index in [0.29, 0.717) is 11.5 Å². The quantitative estimate of drug-likeness (QED) is 0.687. The summed E-state index contributed by atoms with van der Waals surface area (Å²) in [5.41, 5.74) is 4.92. The average Bonchev–Trinajstić information content (AvgIpc) is 2.27. The Morgan fingerprint density at radius 2 is 2.00 bits per heavy atom. The highest BCUT2D eigenvalue weighted by molar-refractivity contribution is 5.77. The van der Waals surface area contributed by atoms with Crippen molar-refractivity contribution in [2.24, 2.45) is 0 Å². The van der Waals surface area contributed by atoms with Crippen molar-refractivity contribution in [3.63, 3.8) is 0 Å². The van der Waals surface area contributed by atoms with Crippen LogP contribution in [0.2, 0.25) is 0 Å². The van der Waals surface area contributed by atoms with Gasteiger partial charge in [0.25, 0.3) is 5.91 Å². The molecule has 0 bridgehead atoms. The third-order valence-corrected chi connectivity index (χ3v) is 1.69. The predicted octanol–water partition coefficient (Wildman–Crippen LogP) is 0.325. The van der Waals surface area contributed by atoms with E-state index >= 15 is 0 Å². The van der Waals surface area contributed by atoms with E-state index in [1.54, 1.807) is 26.3 Å². The molecule has 0 fully saturated rings. The summed E-state index contributed by atoms with van der Waals surface area (Å²) in [5, 5.41) is 0. The Labute approximate surface area is 88.3 Å². The van der Waals surface area contributed by atoms with E-state index in [1.165, 1.54) is 0 Å². The zero-order chi connectivity index (χ0) is 11.1. The molecule has 5 nitrogen and oxygen atoms in total. The second kappa shape index (κ2) is 5.87. The summed E-state index contributed by atoms with van der Waals surface area (Å²) in [6.07, 6.45) is 0. The van der Waals surface area contributed by atoms with Crippen molar-refractivity contribution in [3.8, 4) is 11.5 Å². The zero-order valence-corrected chi connectivity index (χ0v) is 8.74. The van der Waals surface area contributed by atoms with Gasteiger partial charge in [-0.2, -0.15) is 0 Å². The second-order valence-corrected chi connectivity index (χ2v) is 2.74. The van der Waals surface area contributed by atoms with Gasteiger partial charge in [-0.15, -0.1) is 0 Å². The highest BCUT2D eigenvalue weighted by atomic mass is 16.5. The first-order valence-electron chi connectivity index (χ1n) is 4.49. The van der Waals surface area contributed by atoms with Gasteiger partial charge in [-0.05, 0) is 12.1 Å². The molecule has 82 valence electrons. The molecule has 0 aliphatic heterocycles. The van der Waals surface area contributed by atoms with Crippen LogP contribution in [-0.2, 0) is 4.79 Å². The number of carbonyl (C=O) groups is 1. The fourth-order valence-corrected chi connectivity index (χ4v) is 1.06. The number of rotatable bonds is 5. The van der Waals surface area contributed by atoms with Crippen LogP contribution in [0.25, 0.3) is 0 Å². The van der Waals surface area contributed by atoms with E-state index in [9.17, 15) is 4.79 Å². The number of benzene rings is 1. The number of hydrogen-bond donors (Lipinski definition) is 2. The molecule has 1 rings (SSSR count). The monoisotopic (exact) mass is 210 g/mol. The van der Waals surface area contributed by atoms with Crippen LogP contribution in [0.4, 0.5) is 0 Å². The molecule has 1 amide bonds. The Morgan fingerprint density at radius 1 is 1.33 bits per heavy atom. The van der Waals surface area contributed by atoms with Crippen molar-refractivity contribution in [2.75, 3.05) is 20.8 Å². The van der Waals surface area contributed by atoms with Gasteiger partial charge in [-0.25, -0.2) is 5.43 Å². The summed E-state index contributed by atoms with van der Waals surface area (Å²) < 4.78 is 10.3. The Morgan fingerprint density at radius 3 is 2.60 bits per heavy atom. The molecule has 1 aromatic rings. The van der Waals surface area contributed by atoms with Gasteiger partial charge < -0.3 is 9.47 Å². The van der Waals surface area contributed by atoms with Crippen LogP contribution in [0.3, 0.4) is 0 Å². The maximum Gasteiger partial charge on any atom is 0.271 e. The number of carbonyl (C=O) groups excluding carboxylic acids is 1. The number of nitrogens with one attached hydrogen (secondary N) is 2. The minimum Gasteiger partial charge on any atom is -0.493 e. The van der Waals surface area contributed by atoms with Crippen molar-refractivity contribution in [1.82, 2.24) is 10.9 Å².